The number of pyridine rings is 1. The lowest BCUT2D eigenvalue weighted by Crippen LogP contribution is -2.65. The van der Waals surface area contributed by atoms with Crippen LogP contribution < -0.4 is 26.0 Å². The number of hydrogen-bond donors (Lipinski definition) is 2. The molecule has 15 nitrogen and oxygen atoms in total. The molecule has 0 amide bonds. The molecule has 2 heterocycles. The molecule has 0 bridgehead atoms. The number of fused-ring (bicyclic) bond motifs is 1. The van der Waals surface area contributed by atoms with E-state index in [4.69, 9.17) is 11.5 Å². The second kappa shape index (κ2) is 3.67. The van der Waals surface area contributed by atoms with Gasteiger partial charge >= 0.3 is 22.7 Å². The Morgan fingerprint density at radius 1 is 1.10 bits per heavy atom. The maximum atomic E-state index is 11.6. The van der Waals surface area contributed by atoms with Gasteiger partial charge in [-0.15, -0.1) is 4.73 Å². The highest BCUT2D eigenvalue weighted by atomic mass is 16.7. The number of nitrogens with zero attached hydrogens (tertiary/aromatic N) is 6. The van der Waals surface area contributed by atoms with Gasteiger partial charge in [-0.05, 0) is 0 Å². The van der Waals surface area contributed by atoms with Crippen LogP contribution in [-0.4, -0.2) is 14.7 Å². The van der Waals surface area contributed by atoms with Crippen molar-refractivity contribution in [1.29, 1.82) is 0 Å². The van der Waals surface area contributed by atoms with E-state index >= 15 is 0 Å². The lowest BCUT2D eigenvalue weighted by Gasteiger charge is -2.02. The Kier molecular flexibility index (Phi) is 2.35. The Morgan fingerprint density at radius 3 is 2.10 bits per heavy atom. The van der Waals surface area contributed by atoms with E-state index in [-0.39, 0.29) is 0 Å². The molecule has 20 heavy (non-hydrogen) atoms. The van der Waals surface area contributed by atoms with Gasteiger partial charge < -0.3 is 21.4 Å². The third kappa shape index (κ3) is 1.30. The van der Waals surface area contributed by atoms with E-state index in [2.05, 4.69) is 0 Å². The average Bonchev–Trinajstić information content (AvgIpc) is 2.60. The van der Waals surface area contributed by atoms with Crippen molar-refractivity contribution in [3.63, 3.8) is 0 Å². The number of rotatable bonds is 2. The van der Waals surface area contributed by atoms with Crippen LogP contribution in [0.5, 0.6) is 0 Å². The van der Waals surface area contributed by atoms with Crippen molar-refractivity contribution in [2.24, 2.45) is 0 Å². The van der Waals surface area contributed by atoms with Crippen LogP contribution in [0.15, 0.2) is 0 Å². The number of nitro groups is 2. The molecule has 0 aliphatic rings. The van der Waals surface area contributed by atoms with Gasteiger partial charge in [0, 0.05) is 0 Å². The second-order valence-corrected chi connectivity index (χ2v) is 3.42. The minimum absolute atomic E-state index is 0.446. The molecule has 0 aromatic carbocycles. The summed E-state index contributed by atoms with van der Waals surface area (Å²) in [7, 11) is 0. The number of aromatic nitrogens is 4. The summed E-state index contributed by atoms with van der Waals surface area (Å²) in [5, 5.41) is 54.4. The van der Waals surface area contributed by atoms with Gasteiger partial charge in [-0.3, -0.25) is 10.1 Å². The zero-order chi connectivity index (χ0) is 15.4. The fourth-order valence-corrected chi connectivity index (χ4v) is 1.62. The van der Waals surface area contributed by atoms with Crippen LogP contribution in [-0.2, 0) is 0 Å². The van der Waals surface area contributed by atoms with Gasteiger partial charge in [0.2, 0.25) is 9.82 Å². The summed E-state index contributed by atoms with van der Waals surface area (Å²) < 4.78 is -0.481. The first kappa shape index (κ1) is 12.8. The molecule has 0 spiro atoms. The summed E-state index contributed by atoms with van der Waals surface area (Å²) in [5.41, 5.74) is 6.18. The summed E-state index contributed by atoms with van der Waals surface area (Å²) in [6.45, 7) is 0. The molecule has 0 saturated carbocycles. The Labute approximate surface area is 106 Å². The Balaban J connectivity index is 3.18. The quantitative estimate of drug-likeness (QED) is 0.243. The fourth-order valence-electron chi connectivity index (χ4n) is 1.62. The van der Waals surface area contributed by atoms with Gasteiger partial charge in [0.05, 0.1) is 9.77 Å². The van der Waals surface area contributed by atoms with Gasteiger partial charge in [-0.25, -0.2) is 15.8 Å². The van der Waals surface area contributed by atoms with Crippen molar-refractivity contribution in [3.05, 3.63) is 35.9 Å². The predicted molar refractivity (Wildman–Crippen MR) is 56.7 cm³/mol. The highest BCUT2D eigenvalue weighted by Crippen LogP contribution is 2.30. The topological polar surface area (TPSA) is 224 Å². The van der Waals surface area contributed by atoms with Crippen molar-refractivity contribution >= 4 is 28.4 Å². The minimum Gasteiger partial charge on any atom is -0.675 e. The molecule has 0 fully saturated rings. The maximum Gasteiger partial charge on any atom is 0.454 e. The van der Waals surface area contributed by atoms with Gasteiger partial charge in [0.1, 0.15) is 0 Å². The zero-order valence-electron chi connectivity index (χ0n) is 9.20. The Hall–Kier alpha value is -3.65. The largest absolute Gasteiger partial charge is 0.675 e. The third-order valence-electron chi connectivity index (χ3n) is 2.41. The molecule has 0 radical (unpaired) electrons. The van der Waals surface area contributed by atoms with E-state index < -0.39 is 57.6 Å². The molecule has 2 aromatic heterocycles. The first-order valence-electron chi connectivity index (χ1n) is 4.57. The summed E-state index contributed by atoms with van der Waals surface area (Å²) in [6.07, 6.45) is 0. The van der Waals surface area contributed by atoms with E-state index in [0.29, 0.717) is 0 Å². The number of anilines is 2. The van der Waals surface area contributed by atoms with Gasteiger partial charge in [-0.2, -0.15) is 0 Å². The lowest BCUT2D eigenvalue weighted by atomic mass is 10.3. The Morgan fingerprint density at radius 2 is 1.65 bits per heavy atom. The van der Waals surface area contributed by atoms with Crippen molar-refractivity contribution in [1.82, 2.24) is 4.79 Å². The molecule has 0 saturated heterocycles. The fraction of sp³-hybridized carbons (Fsp3) is 0. The molecular formula is C5H4N8O7. The Bertz CT molecular complexity index is 780. The normalized spacial score (nSPS) is 10.8. The summed E-state index contributed by atoms with van der Waals surface area (Å²) >= 11 is 0. The first-order valence-corrected chi connectivity index (χ1v) is 4.57. The van der Waals surface area contributed by atoms with Crippen LogP contribution >= 0.6 is 0 Å². The van der Waals surface area contributed by atoms with E-state index in [0.717, 1.165) is 0 Å². The lowest BCUT2D eigenvalue weighted by molar-refractivity contribution is -1.24. The van der Waals surface area contributed by atoms with Crippen molar-refractivity contribution < 1.29 is 24.5 Å². The van der Waals surface area contributed by atoms with E-state index in [1.165, 1.54) is 0 Å². The van der Waals surface area contributed by atoms with Crippen LogP contribution in [0.25, 0.3) is 11.2 Å². The van der Waals surface area contributed by atoms with Gasteiger partial charge in [-0.1, -0.05) is 0 Å². The third-order valence-corrected chi connectivity index (χ3v) is 2.41. The van der Waals surface area contributed by atoms with Crippen LogP contribution in [0.3, 0.4) is 0 Å². The average molecular weight is 288 g/mol. The molecular weight excluding hydrogens is 284 g/mol. The van der Waals surface area contributed by atoms with E-state index in [1.807, 2.05) is 0 Å². The van der Waals surface area contributed by atoms with Crippen LogP contribution in [0, 0.1) is 35.9 Å². The summed E-state index contributed by atoms with van der Waals surface area (Å²) in [5.74, 6) is -1.08. The van der Waals surface area contributed by atoms with Crippen molar-refractivity contribution in [3.8, 4) is 0 Å². The SMILES string of the molecule is Nc1c([N+](=O)[O-])c(N)[n+]([O-])c2c1n([N+](=O)[O-])[n+]([O-])[n+]2[O-]. The van der Waals surface area contributed by atoms with Crippen LogP contribution in [0.4, 0.5) is 17.2 Å². The van der Waals surface area contributed by atoms with Crippen molar-refractivity contribution in [2.45, 2.75) is 0 Å². The van der Waals surface area contributed by atoms with E-state index in [1.54, 1.807) is 0 Å². The first-order chi connectivity index (χ1) is 9.20. The highest BCUT2D eigenvalue weighted by Gasteiger charge is 2.43. The van der Waals surface area contributed by atoms with Crippen LogP contribution in [0.1, 0.15) is 0 Å². The maximum absolute atomic E-state index is 11.6. The minimum atomic E-state index is -1.37. The molecule has 15 heteroatoms. The number of nitrogen functional groups attached to an aromatic ring is 2. The highest BCUT2D eigenvalue weighted by molar-refractivity contribution is 5.89. The molecule has 0 unspecified atom stereocenters. The summed E-state index contributed by atoms with van der Waals surface area (Å²) in [6, 6.07) is 0. The number of nitrogens with two attached hydrogens (primary N) is 2. The molecule has 2 aromatic rings. The monoisotopic (exact) mass is 288 g/mol. The molecule has 0 atom stereocenters. The van der Waals surface area contributed by atoms with E-state index in [9.17, 15) is 35.9 Å². The van der Waals surface area contributed by atoms with Crippen LogP contribution in [0.2, 0.25) is 0 Å². The standard InChI is InChI=1S/C5H4N8O7/c6-1-2(11(16)17)4(7)8(14)5-3(1)9(13(19)20)12(18)10(5)15/h6-7H2. The number of hydrogen-bond acceptors (Lipinski definition) is 9. The summed E-state index contributed by atoms with van der Waals surface area (Å²) in [4.78, 5) is 18.3. The second-order valence-electron chi connectivity index (χ2n) is 3.42. The molecule has 2 rings (SSSR count). The predicted octanol–water partition coefficient (Wildman–Crippen LogP) is -3.35. The smallest absolute Gasteiger partial charge is 0.454 e. The van der Waals surface area contributed by atoms with Gasteiger partial charge in [0.25, 0.3) is 0 Å². The van der Waals surface area contributed by atoms with Gasteiger partial charge in [0.15, 0.2) is 10.6 Å². The zero-order valence-corrected chi connectivity index (χ0v) is 9.20. The molecule has 4 N–H and O–H groups in total. The molecule has 0 aliphatic carbocycles. The molecule has 106 valence electrons. The van der Waals surface area contributed by atoms with Crippen molar-refractivity contribution in [2.75, 3.05) is 11.5 Å². The molecule has 0 aliphatic heterocycles.